The monoisotopic (exact) mass is 215 g/mol. The van der Waals surface area contributed by atoms with Gasteiger partial charge in [-0.1, -0.05) is 6.07 Å². The Morgan fingerprint density at radius 1 is 1.38 bits per heavy atom. The van der Waals surface area contributed by atoms with Crippen molar-refractivity contribution in [1.29, 1.82) is 0 Å². The van der Waals surface area contributed by atoms with Gasteiger partial charge in [-0.15, -0.1) is 0 Å². The Morgan fingerprint density at radius 3 is 2.94 bits per heavy atom. The number of hydrogen-bond donors (Lipinski definition) is 2. The van der Waals surface area contributed by atoms with Gasteiger partial charge in [0, 0.05) is 30.7 Å². The third kappa shape index (κ3) is 2.66. The molecule has 0 aromatic carbocycles. The molecule has 0 radical (unpaired) electrons. The van der Waals surface area contributed by atoms with Gasteiger partial charge >= 0.3 is 0 Å². The summed E-state index contributed by atoms with van der Waals surface area (Å²) in [5, 5.41) is 3.10. The van der Waals surface area contributed by atoms with Crippen molar-refractivity contribution < 1.29 is 0 Å². The van der Waals surface area contributed by atoms with Crippen LogP contribution in [0.25, 0.3) is 0 Å². The van der Waals surface area contributed by atoms with E-state index in [9.17, 15) is 0 Å². The van der Waals surface area contributed by atoms with Crippen LogP contribution in [0.5, 0.6) is 0 Å². The zero-order valence-electron chi connectivity index (χ0n) is 9.01. The maximum Gasteiger partial charge on any atom is 0.225 e. The van der Waals surface area contributed by atoms with Crippen molar-refractivity contribution in [2.75, 3.05) is 11.1 Å². The van der Waals surface area contributed by atoms with Crippen molar-refractivity contribution in [2.45, 2.75) is 13.5 Å². The van der Waals surface area contributed by atoms with E-state index >= 15 is 0 Å². The molecule has 3 N–H and O–H groups in total. The summed E-state index contributed by atoms with van der Waals surface area (Å²) >= 11 is 0. The summed E-state index contributed by atoms with van der Waals surface area (Å²) in [6, 6.07) is 5.61. The van der Waals surface area contributed by atoms with E-state index in [4.69, 9.17) is 5.73 Å². The van der Waals surface area contributed by atoms with Gasteiger partial charge < -0.3 is 11.1 Å². The second-order valence-electron chi connectivity index (χ2n) is 3.47. The number of aryl methyl sites for hydroxylation is 1. The van der Waals surface area contributed by atoms with Gasteiger partial charge in [0.25, 0.3) is 0 Å². The standard InChI is InChI=1S/C11H13N5/c1-8-5-10(12)16-11(15-8)14-7-9-3-2-4-13-6-9/h2-6H,7H2,1H3,(H3,12,14,15,16). The molecule has 5 heteroatoms. The molecule has 0 fully saturated rings. The van der Waals surface area contributed by atoms with Crippen LogP contribution < -0.4 is 11.1 Å². The van der Waals surface area contributed by atoms with Gasteiger partial charge in [0.15, 0.2) is 0 Å². The Labute approximate surface area is 93.8 Å². The molecule has 0 unspecified atom stereocenters. The smallest absolute Gasteiger partial charge is 0.225 e. The van der Waals surface area contributed by atoms with Crippen molar-refractivity contribution in [3.05, 3.63) is 41.9 Å². The third-order valence-electron chi connectivity index (χ3n) is 2.05. The third-order valence-corrected chi connectivity index (χ3v) is 2.05. The maximum atomic E-state index is 5.62. The van der Waals surface area contributed by atoms with Crippen molar-refractivity contribution in [2.24, 2.45) is 0 Å². The summed E-state index contributed by atoms with van der Waals surface area (Å²) in [7, 11) is 0. The topological polar surface area (TPSA) is 76.7 Å². The first kappa shape index (κ1) is 10.4. The molecule has 5 nitrogen and oxygen atoms in total. The molecule has 0 bridgehead atoms. The van der Waals surface area contributed by atoms with Crippen molar-refractivity contribution in [3.63, 3.8) is 0 Å². The SMILES string of the molecule is Cc1cc(N)nc(NCc2cccnc2)n1. The number of nitrogens with zero attached hydrogens (tertiary/aromatic N) is 3. The van der Waals surface area contributed by atoms with Gasteiger partial charge in [-0.3, -0.25) is 4.98 Å². The van der Waals surface area contributed by atoms with E-state index in [-0.39, 0.29) is 0 Å². The number of pyridine rings is 1. The summed E-state index contributed by atoms with van der Waals surface area (Å²) < 4.78 is 0. The number of nitrogens with two attached hydrogens (primary N) is 1. The van der Waals surface area contributed by atoms with Crippen LogP contribution in [0.2, 0.25) is 0 Å². The Balaban J connectivity index is 2.05. The second kappa shape index (κ2) is 4.57. The van der Waals surface area contributed by atoms with Gasteiger partial charge in [0.1, 0.15) is 5.82 Å². The fraction of sp³-hybridized carbons (Fsp3) is 0.182. The Kier molecular flexibility index (Phi) is 2.95. The van der Waals surface area contributed by atoms with E-state index in [0.717, 1.165) is 11.3 Å². The van der Waals surface area contributed by atoms with E-state index in [0.29, 0.717) is 18.3 Å². The lowest BCUT2D eigenvalue weighted by Crippen LogP contribution is -2.06. The van der Waals surface area contributed by atoms with Crippen LogP contribution >= 0.6 is 0 Å². The zero-order valence-corrected chi connectivity index (χ0v) is 9.01. The number of nitrogens with one attached hydrogen (secondary N) is 1. The Bertz CT molecular complexity index is 449. The minimum absolute atomic E-state index is 0.473. The van der Waals surface area contributed by atoms with Gasteiger partial charge in [-0.25, -0.2) is 4.98 Å². The largest absolute Gasteiger partial charge is 0.384 e. The molecule has 16 heavy (non-hydrogen) atoms. The Hall–Kier alpha value is -2.17. The highest BCUT2D eigenvalue weighted by atomic mass is 15.1. The van der Waals surface area contributed by atoms with Gasteiger partial charge in [-0.2, -0.15) is 4.98 Å². The molecule has 0 saturated heterocycles. The van der Waals surface area contributed by atoms with Crippen molar-refractivity contribution in [3.8, 4) is 0 Å². The minimum Gasteiger partial charge on any atom is -0.384 e. The van der Waals surface area contributed by atoms with E-state index < -0.39 is 0 Å². The highest BCUT2D eigenvalue weighted by Crippen LogP contribution is 2.07. The first-order chi connectivity index (χ1) is 7.74. The number of hydrogen-bond acceptors (Lipinski definition) is 5. The van der Waals surface area contributed by atoms with Gasteiger partial charge in [0.2, 0.25) is 5.95 Å². The van der Waals surface area contributed by atoms with E-state index in [2.05, 4.69) is 20.3 Å². The first-order valence-corrected chi connectivity index (χ1v) is 4.98. The molecule has 0 spiro atoms. The van der Waals surface area contributed by atoms with E-state index in [1.807, 2.05) is 19.1 Å². The van der Waals surface area contributed by atoms with Crippen molar-refractivity contribution in [1.82, 2.24) is 15.0 Å². The van der Waals surface area contributed by atoms with Gasteiger partial charge in [-0.05, 0) is 18.6 Å². The minimum atomic E-state index is 0.473. The molecule has 0 aliphatic carbocycles. The highest BCUT2D eigenvalue weighted by molar-refractivity contribution is 5.38. The zero-order chi connectivity index (χ0) is 11.4. The Morgan fingerprint density at radius 2 is 2.25 bits per heavy atom. The summed E-state index contributed by atoms with van der Waals surface area (Å²) in [6.45, 7) is 2.52. The molecule has 0 atom stereocenters. The fourth-order valence-electron chi connectivity index (χ4n) is 1.36. The molecular formula is C11H13N5. The molecule has 2 aromatic rings. The van der Waals surface area contributed by atoms with Crippen LogP contribution in [0, 0.1) is 6.92 Å². The van der Waals surface area contributed by atoms with Crippen molar-refractivity contribution >= 4 is 11.8 Å². The molecule has 0 saturated carbocycles. The van der Waals surface area contributed by atoms with Crippen LogP contribution in [-0.2, 0) is 6.54 Å². The lowest BCUT2D eigenvalue weighted by atomic mass is 10.3. The molecule has 82 valence electrons. The van der Waals surface area contributed by atoms with Crippen LogP contribution in [-0.4, -0.2) is 15.0 Å². The average Bonchev–Trinajstić information content (AvgIpc) is 2.27. The molecule has 0 aliphatic heterocycles. The van der Waals surface area contributed by atoms with Gasteiger partial charge in [0.05, 0.1) is 0 Å². The number of anilines is 2. The quantitative estimate of drug-likeness (QED) is 0.808. The van der Waals surface area contributed by atoms with E-state index in [1.54, 1.807) is 18.5 Å². The lowest BCUT2D eigenvalue weighted by Gasteiger charge is -2.05. The summed E-state index contributed by atoms with van der Waals surface area (Å²) in [6.07, 6.45) is 3.54. The average molecular weight is 215 g/mol. The van der Waals surface area contributed by atoms with Crippen LogP contribution in [0.3, 0.4) is 0 Å². The maximum absolute atomic E-state index is 5.62. The van der Waals surface area contributed by atoms with Crippen LogP contribution in [0.4, 0.5) is 11.8 Å². The molecule has 2 heterocycles. The lowest BCUT2D eigenvalue weighted by molar-refractivity contribution is 1.02. The second-order valence-corrected chi connectivity index (χ2v) is 3.47. The highest BCUT2D eigenvalue weighted by Gasteiger charge is 1.99. The molecular weight excluding hydrogens is 202 g/mol. The summed E-state index contributed by atoms with van der Waals surface area (Å²) in [5.41, 5.74) is 7.55. The predicted molar refractivity (Wildman–Crippen MR) is 62.7 cm³/mol. The van der Waals surface area contributed by atoms with E-state index in [1.165, 1.54) is 0 Å². The number of aromatic nitrogens is 3. The normalized spacial score (nSPS) is 10.1. The first-order valence-electron chi connectivity index (χ1n) is 4.98. The number of nitrogen functional groups attached to an aromatic ring is 1. The molecule has 0 amide bonds. The summed E-state index contributed by atoms with van der Waals surface area (Å²) in [4.78, 5) is 12.3. The molecule has 2 aromatic heterocycles. The predicted octanol–water partition coefficient (Wildman–Crippen LogP) is 1.37. The fourth-order valence-corrected chi connectivity index (χ4v) is 1.36. The van der Waals surface area contributed by atoms with Crippen LogP contribution in [0.15, 0.2) is 30.6 Å². The number of rotatable bonds is 3. The van der Waals surface area contributed by atoms with Crippen LogP contribution in [0.1, 0.15) is 11.3 Å². The summed E-state index contributed by atoms with van der Waals surface area (Å²) in [5.74, 6) is 1.02. The molecule has 0 aliphatic rings. The molecule has 2 rings (SSSR count).